The topological polar surface area (TPSA) is 12.9 Å². The molecule has 0 saturated carbocycles. The molecule has 0 atom stereocenters. The van der Waals surface area contributed by atoms with E-state index in [1.165, 1.54) is 11.1 Å². The Bertz CT molecular complexity index is 628. The quantitative estimate of drug-likeness (QED) is 0.674. The number of aromatic nitrogens is 1. The van der Waals surface area contributed by atoms with Crippen molar-refractivity contribution in [2.45, 2.75) is 6.42 Å². The first-order chi connectivity index (χ1) is 9.42. The second-order valence-corrected chi connectivity index (χ2v) is 4.50. The molecule has 0 N–H and O–H groups in total. The number of hydrogen-bond acceptors (Lipinski definition) is 1. The van der Waals surface area contributed by atoms with E-state index in [-0.39, 0.29) is 0 Å². The van der Waals surface area contributed by atoms with Crippen LogP contribution in [0.2, 0.25) is 0 Å². The SMILES string of the molecule is [c]1ccc(-c2ccc(Cc3ccccc3)cc2)nc1. The minimum Gasteiger partial charge on any atom is -0.256 e. The maximum Gasteiger partial charge on any atom is 0.0702 e. The molecule has 3 rings (SSSR count). The van der Waals surface area contributed by atoms with Crippen LogP contribution in [-0.2, 0) is 6.42 Å². The van der Waals surface area contributed by atoms with Gasteiger partial charge in [-0.3, -0.25) is 4.98 Å². The average Bonchev–Trinajstić information content (AvgIpc) is 2.50. The number of rotatable bonds is 3. The van der Waals surface area contributed by atoms with Crippen molar-refractivity contribution < 1.29 is 0 Å². The lowest BCUT2D eigenvalue weighted by Crippen LogP contribution is -1.88. The maximum atomic E-state index is 4.31. The van der Waals surface area contributed by atoms with Crippen molar-refractivity contribution in [3.8, 4) is 11.3 Å². The molecule has 0 spiro atoms. The Morgan fingerprint density at radius 1 is 0.789 bits per heavy atom. The molecular weight excluding hydrogens is 230 g/mol. The van der Waals surface area contributed by atoms with E-state index in [0.29, 0.717) is 0 Å². The lowest BCUT2D eigenvalue weighted by molar-refractivity contribution is 1.19. The molecule has 0 bridgehead atoms. The summed E-state index contributed by atoms with van der Waals surface area (Å²) in [4.78, 5) is 4.31. The first-order valence-corrected chi connectivity index (χ1v) is 6.37. The fourth-order valence-electron chi connectivity index (χ4n) is 2.12. The molecule has 1 aromatic heterocycles. The molecule has 0 fully saturated rings. The molecule has 0 aliphatic rings. The summed E-state index contributed by atoms with van der Waals surface area (Å²) in [6.45, 7) is 0. The van der Waals surface area contributed by atoms with E-state index in [0.717, 1.165) is 17.7 Å². The average molecular weight is 244 g/mol. The van der Waals surface area contributed by atoms with E-state index in [4.69, 9.17) is 0 Å². The lowest BCUT2D eigenvalue weighted by atomic mass is 10.0. The van der Waals surface area contributed by atoms with Crippen molar-refractivity contribution in [3.63, 3.8) is 0 Å². The van der Waals surface area contributed by atoms with Gasteiger partial charge in [-0.15, -0.1) is 0 Å². The van der Waals surface area contributed by atoms with Gasteiger partial charge in [-0.1, -0.05) is 60.7 Å². The molecule has 0 aliphatic heterocycles. The molecule has 1 heteroatoms. The minimum absolute atomic E-state index is 0.969. The first-order valence-electron chi connectivity index (χ1n) is 6.37. The Labute approximate surface area is 113 Å². The molecule has 0 aliphatic carbocycles. The van der Waals surface area contributed by atoms with Gasteiger partial charge >= 0.3 is 0 Å². The van der Waals surface area contributed by atoms with Gasteiger partial charge in [0.15, 0.2) is 0 Å². The van der Waals surface area contributed by atoms with Gasteiger partial charge < -0.3 is 0 Å². The zero-order valence-electron chi connectivity index (χ0n) is 10.6. The zero-order valence-corrected chi connectivity index (χ0v) is 10.6. The number of nitrogens with zero attached hydrogens (tertiary/aromatic N) is 1. The van der Waals surface area contributed by atoms with Crippen molar-refractivity contribution >= 4 is 0 Å². The molecule has 0 amide bonds. The van der Waals surface area contributed by atoms with Crippen molar-refractivity contribution in [1.29, 1.82) is 0 Å². The number of pyridine rings is 1. The van der Waals surface area contributed by atoms with Crippen LogP contribution < -0.4 is 0 Å². The monoisotopic (exact) mass is 244 g/mol. The van der Waals surface area contributed by atoms with Gasteiger partial charge in [-0.25, -0.2) is 0 Å². The molecule has 0 unspecified atom stereocenters. The smallest absolute Gasteiger partial charge is 0.0702 e. The Balaban J connectivity index is 1.80. The standard InChI is InChI=1S/C18H14N/c1-2-6-15(7-3-1)14-16-9-11-17(12-10-16)18-8-4-5-13-19-18/h1-4,6-13H,14H2. The van der Waals surface area contributed by atoms with E-state index < -0.39 is 0 Å². The summed E-state index contributed by atoms with van der Waals surface area (Å²) < 4.78 is 0. The third kappa shape index (κ3) is 2.89. The van der Waals surface area contributed by atoms with Gasteiger partial charge in [0.25, 0.3) is 0 Å². The summed E-state index contributed by atoms with van der Waals surface area (Å²) in [6, 6.07) is 25.9. The van der Waals surface area contributed by atoms with Gasteiger partial charge in [0, 0.05) is 17.8 Å². The summed E-state index contributed by atoms with van der Waals surface area (Å²) in [5, 5.41) is 0. The second-order valence-electron chi connectivity index (χ2n) is 4.50. The molecular formula is C18H14N. The van der Waals surface area contributed by atoms with Crippen molar-refractivity contribution in [2.75, 3.05) is 0 Å². The van der Waals surface area contributed by atoms with Crippen LogP contribution in [0.25, 0.3) is 11.3 Å². The molecule has 1 radical (unpaired) electrons. The predicted octanol–water partition coefficient (Wildman–Crippen LogP) is 4.14. The third-order valence-corrected chi connectivity index (χ3v) is 3.12. The second kappa shape index (κ2) is 5.49. The highest BCUT2D eigenvalue weighted by Crippen LogP contribution is 2.18. The Hall–Kier alpha value is -2.41. The summed E-state index contributed by atoms with van der Waals surface area (Å²) in [5.41, 5.74) is 4.79. The molecule has 91 valence electrons. The fraction of sp³-hybridized carbons (Fsp3) is 0.0556. The highest BCUT2D eigenvalue weighted by molar-refractivity contribution is 5.59. The van der Waals surface area contributed by atoms with Crippen LogP contribution in [0.15, 0.2) is 72.9 Å². The lowest BCUT2D eigenvalue weighted by Gasteiger charge is -2.04. The van der Waals surface area contributed by atoms with Crippen molar-refractivity contribution in [2.24, 2.45) is 0 Å². The van der Waals surface area contributed by atoms with Crippen LogP contribution in [0.3, 0.4) is 0 Å². The van der Waals surface area contributed by atoms with Gasteiger partial charge in [-0.2, -0.15) is 0 Å². The summed E-state index contributed by atoms with van der Waals surface area (Å²) in [5.74, 6) is 0. The Kier molecular flexibility index (Phi) is 3.37. The van der Waals surface area contributed by atoms with E-state index >= 15 is 0 Å². The highest BCUT2D eigenvalue weighted by atomic mass is 14.7. The molecule has 1 nitrogen and oxygen atoms in total. The van der Waals surface area contributed by atoms with Gasteiger partial charge in [-0.05, 0) is 23.6 Å². The molecule has 0 saturated heterocycles. The van der Waals surface area contributed by atoms with Crippen molar-refractivity contribution in [3.05, 3.63) is 90.1 Å². The highest BCUT2D eigenvalue weighted by Gasteiger charge is 1.99. The summed E-state index contributed by atoms with van der Waals surface area (Å²) >= 11 is 0. The van der Waals surface area contributed by atoms with Crippen LogP contribution in [0, 0.1) is 6.07 Å². The molecule has 2 aromatic carbocycles. The maximum absolute atomic E-state index is 4.31. The third-order valence-electron chi connectivity index (χ3n) is 3.12. The van der Waals surface area contributed by atoms with E-state index in [1.54, 1.807) is 6.20 Å². The minimum atomic E-state index is 0.969. The molecule has 1 heterocycles. The zero-order chi connectivity index (χ0) is 12.9. The molecule has 3 aromatic rings. The van der Waals surface area contributed by atoms with Gasteiger partial charge in [0.05, 0.1) is 5.69 Å². The van der Waals surface area contributed by atoms with Crippen LogP contribution in [0.5, 0.6) is 0 Å². The van der Waals surface area contributed by atoms with Crippen LogP contribution >= 0.6 is 0 Å². The van der Waals surface area contributed by atoms with Crippen LogP contribution in [-0.4, -0.2) is 4.98 Å². The van der Waals surface area contributed by atoms with Crippen LogP contribution in [0.1, 0.15) is 11.1 Å². The number of hydrogen-bond donors (Lipinski definition) is 0. The van der Waals surface area contributed by atoms with Gasteiger partial charge in [0.2, 0.25) is 0 Å². The predicted molar refractivity (Wildman–Crippen MR) is 77.8 cm³/mol. The van der Waals surface area contributed by atoms with E-state index in [2.05, 4.69) is 59.6 Å². The summed E-state index contributed by atoms with van der Waals surface area (Å²) in [7, 11) is 0. The van der Waals surface area contributed by atoms with Crippen LogP contribution in [0.4, 0.5) is 0 Å². The molecule has 19 heavy (non-hydrogen) atoms. The fourth-order valence-corrected chi connectivity index (χ4v) is 2.12. The summed E-state index contributed by atoms with van der Waals surface area (Å²) in [6.07, 6.45) is 2.67. The van der Waals surface area contributed by atoms with Gasteiger partial charge in [0.1, 0.15) is 0 Å². The Morgan fingerprint density at radius 2 is 1.53 bits per heavy atom. The largest absolute Gasteiger partial charge is 0.256 e. The Morgan fingerprint density at radius 3 is 2.21 bits per heavy atom. The normalized spacial score (nSPS) is 10.3. The van der Waals surface area contributed by atoms with Crippen molar-refractivity contribution in [1.82, 2.24) is 4.98 Å². The van der Waals surface area contributed by atoms with E-state index in [9.17, 15) is 0 Å². The van der Waals surface area contributed by atoms with E-state index in [1.807, 2.05) is 18.2 Å². The number of benzene rings is 2. The first kappa shape index (κ1) is 11.7.